The van der Waals surface area contributed by atoms with Gasteiger partial charge in [0.2, 0.25) is 0 Å². The van der Waals surface area contributed by atoms with Crippen molar-refractivity contribution in [2.45, 2.75) is 64.2 Å². The summed E-state index contributed by atoms with van der Waals surface area (Å²) in [5, 5.41) is 1.15. The lowest BCUT2D eigenvalue weighted by Crippen LogP contribution is -2.41. The van der Waals surface area contributed by atoms with E-state index in [1.807, 2.05) is 16.4 Å². The average molecular weight is 559 g/mol. The molecular formula is C32H39FN6O2. The SMILES string of the molecule is CCC1CN(CCCOC)c2cccc3cc(-c4nc5cc(C(=O)N6C[C@H]7CC[C@@H]6[C@@H]7N)cc(F)c5n4CC)n1c23. The summed E-state index contributed by atoms with van der Waals surface area (Å²) in [7, 11) is 1.75. The van der Waals surface area contributed by atoms with Crippen LogP contribution in [0.1, 0.15) is 55.9 Å². The van der Waals surface area contributed by atoms with Crippen LogP contribution in [0.2, 0.25) is 0 Å². The first-order valence-corrected chi connectivity index (χ1v) is 15.1. The third-order valence-electron chi connectivity index (χ3n) is 9.73. The van der Waals surface area contributed by atoms with Crippen molar-refractivity contribution in [2.24, 2.45) is 11.7 Å². The van der Waals surface area contributed by atoms with Crippen LogP contribution in [0.15, 0.2) is 36.4 Å². The van der Waals surface area contributed by atoms with E-state index in [1.54, 1.807) is 13.2 Å². The minimum Gasteiger partial charge on any atom is -0.385 e. The molecule has 2 fully saturated rings. The standard InChI is InChI=1S/C32H39FN6O2/c1-4-22-18-36(12-7-13-41-3)26-9-6-8-19-16-27(39(22)29(19)26)31-35-24-15-21(14-23(33)30(24)37(31)5-2)32(40)38-17-20-10-11-25(38)28(20)34/h6,8-9,14-16,20,22,25,28H,4-5,7,10-13,17-18,34H2,1-3H3/t20-,22?,25-,28-/m1/s1. The van der Waals surface area contributed by atoms with Crippen molar-refractivity contribution in [1.82, 2.24) is 19.0 Å². The van der Waals surface area contributed by atoms with Gasteiger partial charge in [-0.05, 0) is 62.8 Å². The Balaban J connectivity index is 1.34. The summed E-state index contributed by atoms with van der Waals surface area (Å²) >= 11 is 0. The van der Waals surface area contributed by atoms with Crippen LogP contribution in [0.3, 0.4) is 0 Å². The molecule has 1 aliphatic carbocycles. The third kappa shape index (κ3) is 4.00. The summed E-state index contributed by atoms with van der Waals surface area (Å²) in [4.78, 5) is 22.9. The molecule has 3 aliphatic rings. The van der Waals surface area contributed by atoms with Crippen molar-refractivity contribution in [2.75, 3.05) is 38.3 Å². The van der Waals surface area contributed by atoms with E-state index in [1.165, 1.54) is 17.3 Å². The number of fused-ring (bicyclic) bond motifs is 3. The Kier molecular flexibility index (Phi) is 6.54. The molecule has 4 aromatic rings. The number of nitrogens with zero attached hydrogens (tertiary/aromatic N) is 5. The lowest BCUT2D eigenvalue weighted by atomic mass is 10.1. The van der Waals surface area contributed by atoms with Crippen molar-refractivity contribution in [1.29, 1.82) is 0 Å². The number of carbonyl (C=O) groups is 1. The lowest BCUT2D eigenvalue weighted by Gasteiger charge is -2.36. The lowest BCUT2D eigenvalue weighted by molar-refractivity contribution is 0.0700. The second-order valence-electron chi connectivity index (χ2n) is 11.9. The van der Waals surface area contributed by atoms with Crippen molar-refractivity contribution in [3.8, 4) is 11.5 Å². The maximum Gasteiger partial charge on any atom is 0.254 e. The van der Waals surface area contributed by atoms with Gasteiger partial charge in [0, 0.05) is 62.9 Å². The number of ether oxygens (including phenoxy) is 1. The van der Waals surface area contributed by atoms with Gasteiger partial charge in [-0.25, -0.2) is 9.37 Å². The van der Waals surface area contributed by atoms with Crippen LogP contribution in [0.5, 0.6) is 0 Å². The maximum atomic E-state index is 15.9. The van der Waals surface area contributed by atoms with Crippen LogP contribution in [-0.4, -0.2) is 70.4 Å². The molecule has 4 atom stereocenters. The fourth-order valence-electron chi connectivity index (χ4n) is 7.72. The molecule has 7 rings (SSSR count). The van der Waals surface area contributed by atoms with E-state index in [-0.39, 0.29) is 24.0 Å². The molecule has 1 amide bonds. The number of nitrogens with two attached hydrogens (primary N) is 1. The van der Waals surface area contributed by atoms with Crippen molar-refractivity contribution in [3.05, 3.63) is 47.8 Å². The van der Waals surface area contributed by atoms with E-state index in [0.717, 1.165) is 62.3 Å². The summed E-state index contributed by atoms with van der Waals surface area (Å²) in [6, 6.07) is 12.1. The van der Waals surface area contributed by atoms with E-state index in [2.05, 4.69) is 40.7 Å². The molecule has 8 nitrogen and oxygen atoms in total. The highest BCUT2D eigenvalue weighted by molar-refractivity contribution is 6.00. The Morgan fingerprint density at radius 3 is 2.71 bits per heavy atom. The van der Waals surface area contributed by atoms with E-state index in [0.29, 0.717) is 35.6 Å². The molecule has 2 aliphatic heterocycles. The molecular weight excluding hydrogens is 519 g/mol. The number of piperidine rings is 1. The van der Waals surface area contributed by atoms with Gasteiger partial charge in [0.05, 0.1) is 28.5 Å². The minimum absolute atomic E-state index is 0.0196. The number of methoxy groups -OCH3 is 1. The zero-order valence-electron chi connectivity index (χ0n) is 24.1. The first-order chi connectivity index (χ1) is 19.9. The first kappa shape index (κ1) is 26.5. The van der Waals surface area contributed by atoms with Crippen LogP contribution in [-0.2, 0) is 11.3 Å². The molecule has 216 valence electrons. The van der Waals surface area contributed by atoms with Crippen LogP contribution < -0.4 is 10.6 Å². The monoisotopic (exact) mass is 558 g/mol. The van der Waals surface area contributed by atoms with E-state index in [4.69, 9.17) is 15.5 Å². The highest BCUT2D eigenvalue weighted by Crippen LogP contribution is 2.42. The highest BCUT2D eigenvalue weighted by Gasteiger charge is 2.47. The molecule has 9 heteroatoms. The molecule has 2 aromatic heterocycles. The fraction of sp³-hybridized carbons (Fsp3) is 0.500. The Labute approximate surface area is 239 Å². The van der Waals surface area contributed by atoms with Crippen LogP contribution in [0.25, 0.3) is 33.5 Å². The van der Waals surface area contributed by atoms with Gasteiger partial charge >= 0.3 is 0 Å². The predicted molar refractivity (Wildman–Crippen MR) is 160 cm³/mol. The number of hydrogen-bond donors (Lipinski definition) is 1. The number of halogens is 1. The molecule has 0 radical (unpaired) electrons. The van der Waals surface area contributed by atoms with Crippen LogP contribution in [0, 0.1) is 11.7 Å². The summed E-state index contributed by atoms with van der Waals surface area (Å²) < 4.78 is 25.6. The smallest absolute Gasteiger partial charge is 0.254 e. The fourth-order valence-corrected chi connectivity index (χ4v) is 7.72. The van der Waals surface area contributed by atoms with Gasteiger partial charge in [-0.3, -0.25) is 4.79 Å². The topological polar surface area (TPSA) is 81.6 Å². The number of aromatic nitrogens is 3. The second kappa shape index (κ2) is 10.1. The first-order valence-electron chi connectivity index (χ1n) is 15.1. The molecule has 2 aromatic carbocycles. The third-order valence-corrected chi connectivity index (χ3v) is 9.73. The van der Waals surface area contributed by atoms with E-state index in [9.17, 15) is 4.79 Å². The maximum absolute atomic E-state index is 15.9. The molecule has 41 heavy (non-hydrogen) atoms. The number of hydrogen-bond acceptors (Lipinski definition) is 5. The number of benzene rings is 2. The summed E-state index contributed by atoms with van der Waals surface area (Å²) in [5.41, 5.74) is 11.1. The largest absolute Gasteiger partial charge is 0.385 e. The number of para-hydroxylation sites is 1. The molecule has 2 bridgehead atoms. The van der Waals surface area contributed by atoms with Gasteiger partial charge in [-0.2, -0.15) is 0 Å². The number of likely N-dealkylation sites (tertiary alicyclic amines) is 1. The number of amides is 1. The summed E-state index contributed by atoms with van der Waals surface area (Å²) in [6.07, 6.45) is 3.91. The van der Waals surface area contributed by atoms with E-state index >= 15 is 4.39 Å². The number of imidazole rings is 1. The average Bonchev–Trinajstić information content (AvgIpc) is 3.74. The second-order valence-corrected chi connectivity index (χ2v) is 11.9. The molecule has 1 saturated carbocycles. The normalized spacial score (nSPS) is 23.4. The van der Waals surface area contributed by atoms with Crippen molar-refractivity contribution < 1.29 is 13.9 Å². The molecule has 0 spiro atoms. The number of anilines is 1. The van der Waals surface area contributed by atoms with Gasteiger partial charge in [-0.1, -0.05) is 19.1 Å². The van der Waals surface area contributed by atoms with Crippen LogP contribution >= 0.6 is 0 Å². The summed E-state index contributed by atoms with van der Waals surface area (Å²) in [6.45, 7) is 8.02. The quantitative estimate of drug-likeness (QED) is 0.301. The Morgan fingerprint density at radius 2 is 2.00 bits per heavy atom. The van der Waals surface area contributed by atoms with Crippen molar-refractivity contribution >= 4 is 33.5 Å². The van der Waals surface area contributed by atoms with Gasteiger partial charge in [0.15, 0.2) is 5.82 Å². The van der Waals surface area contributed by atoms with E-state index < -0.39 is 5.82 Å². The highest BCUT2D eigenvalue weighted by atomic mass is 19.1. The number of aryl methyl sites for hydroxylation is 1. The Bertz CT molecular complexity index is 1640. The molecule has 4 heterocycles. The molecule has 1 saturated heterocycles. The number of rotatable bonds is 8. The van der Waals surface area contributed by atoms with Crippen molar-refractivity contribution in [3.63, 3.8) is 0 Å². The van der Waals surface area contributed by atoms with Gasteiger partial charge in [-0.15, -0.1) is 0 Å². The summed E-state index contributed by atoms with van der Waals surface area (Å²) in [5.74, 6) is 0.527. The van der Waals surface area contributed by atoms with Gasteiger partial charge in [0.1, 0.15) is 11.3 Å². The Hall–Kier alpha value is -3.43. The predicted octanol–water partition coefficient (Wildman–Crippen LogP) is 5.19. The minimum atomic E-state index is -0.410. The zero-order valence-corrected chi connectivity index (χ0v) is 24.1. The van der Waals surface area contributed by atoms with Gasteiger partial charge < -0.3 is 29.4 Å². The zero-order chi connectivity index (χ0) is 28.4. The van der Waals surface area contributed by atoms with Gasteiger partial charge in [0.25, 0.3) is 5.91 Å². The Morgan fingerprint density at radius 1 is 1.15 bits per heavy atom. The molecule has 2 N–H and O–H groups in total. The number of carbonyl (C=O) groups excluding carboxylic acids is 1. The molecule has 1 unspecified atom stereocenters. The van der Waals surface area contributed by atoms with Crippen LogP contribution in [0.4, 0.5) is 10.1 Å².